The third kappa shape index (κ3) is 2.58. The SMILES string of the molecule is Cc1cnc(CNc2nccn(C(C)C)c2=O)o1. The van der Waals surface area contributed by atoms with Crippen molar-refractivity contribution in [3.8, 4) is 0 Å². The van der Waals surface area contributed by atoms with Gasteiger partial charge in [0.15, 0.2) is 5.82 Å². The highest BCUT2D eigenvalue weighted by molar-refractivity contribution is 5.30. The van der Waals surface area contributed by atoms with Crippen LogP contribution < -0.4 is 10.9 Å². The van der Waals surface area contributed by atoms with Gasteiger partial charge in [0.1, 0.15) is 5.76 Å². The van der Waals surface area contributed by atoms with Crippen LogP contribution >= 0.6 is 0 Å². The normalized spacial score (nSPS) is 10.9. The fourth-order valence-electron chi connectivity index (χ4n) is 1.60. The maximum atomic E-state index is 12.0. The van der Waals surface area contributed by atoms with E-state index in [2.05, 4.69) is 15.3 Å². The van der Waals surface area contributed by atoms with Gasteiger partial charge in [-0.15, -0.1) is 0 Å². The molecule has 0 unspecified atom stereocenters. The van der Waals surface area contributed by atoms with Crippen LogP contribution in [0.25, 0.3) is 0 Å². The first-order chi connectivity index (χ1) is 8.58. The number of nitrogens with zero attached hydrogens (tertiary/aromatic N) is 3. The monoisotopic (exact) mass is 248 g/mol. The predicted octanol–water partition coefficient (Wildman–Crippen LogP) is 1.73. The van der Waals surface area contributed by atoms with E-state index in [0.717, 1.165) is 5.76 Å². The number of oxazole rings is 1. The Bertz CT molecular complexity index is 586. The molecule has 96 valence electrons. The molecular weight excluding hydrogens is 232 g/mol. The minimum absolute atomic E-state index is 0.102. The summed E-state index contributed by atoms with van der Waals surface area (Å²) in [5.74, 6) is 1.59. The molecule has 0 aliphatic rings. The second-order valence-electron chi connectivity index (χ2n) is 4.30. The summed E-state index contributed by atoms with van der Waals surface area (Å²) in [7, 11) is 0. The molecule has 0 aliphatic carbocycles. The molecule has 0 spiro atoms. The molecule has 2 heterocycles. The molecule has 0 radical (unpaired) electrons. The van der Waals surface area contributed by atoms with Gasteiger partial charge in [-0.1, -0.05) is 0 Å². The smallest absolute Gasteiger partial charge is 0.293 e. The number of rotatable bonds is 4. The summed E-state index contributed by atoms with van der Waals surface area (Å²) in [5.41, 5.74) is -0.143. The summed E-state index contributed by atoms with van der Waals surface area (Å²) in [6, 6.07) is 0.102. The number of aromatic nitrogens is 3. The minimum atomic E-state index is -0.143. The highest BCUT2D eigenvalue weighted by atomic mass is 16.4. The summed E-state index contributed by atoms with van der Waals surface area (Å²) < 4.78 is 6.93. The Hall–Kier alpha value is -2.11. The molecule has 1 N–H and O–H groups in total. The predicted molar refractivity (Wildman–Crippen MR) is 67.4 cm³/mol. The third-order valence-electron chi connectivity index (χ3n) is 2.50. The molecular formula is C12H16N4O2. The Morgan fingerprint density at radius 2 is 2.22 bits per heavy atom. The highest BCUT2D eigenvalue weighted by Crippen LogP contribution is 2.05. The first-order valence-corrected chi connectivity index (χ1v) is 5.80. The molecule has 6 heteroatoms. The van der Waals surface area contributed by atoms with Crippen LogP contribution in [-0.2, 0) is 6.54 Å². The number of hydrogen-bond acceptors (Lipinski definition) is 5. The standard InChI is InChI=1S/C12H16N4O2/c1-8(2)16-5-4-13-11(12(16)17)15-7-10-14-6-9(3)18-10/h4-6,8H,7H2,1-3H3,(H,13,15). The topological polar surface area (TPSA) is 73.0 Å². The van der Waals surface area contributed by atoms with Crippen molar-refractivity contribution in [2.24, 2.45) is 0 Å². The first kappa shape index (κ1) is 12.3. The van der Waals surface area contributed by atoms with E-state index in [-0.39, 0.29) is 11.6 Å². The number of nitrogens with one attached hydrogen (secondary N) is 1. The molecule has 0 saturated heterocycles. The molecule has 0 fully saturated rings. The number of hydrogen-bond donors (Lipinski definition) is 1. The molecule has 0 aliphatic heterocycles. The summed E-state index contributed by atoms with van der Waals surface area (Å²) in [6.45, 7) is 6.06. The third-order valence-corrected chi connectivity index (χ3v) is 2.50. The Morgan fingerprint density at radius 3 is 2.83 bits per heavy atom. The van der Waals surface area contributed by atoms with E-state index >= 15 is 0 Å². The zero-order valence-electron chi connectivity index (χ0n) is 10.7. The maximum absolute atomic E-state index is 12.0. The van der Waals surface area contributed by atoms with Gasteiger partial charge in [0, 0.05) is 18.4 Å². The Labute approximate surface area is 105 Å². The van der Waals surface area contributed by atoms with Crippen LogP contribution in [0.5, 0.6) is 0 Å². The molecule has 2 aromatic heterocycles. The van der Waals surface area contributed by atoms with Crippen LogP contribution in [-0.4, -0.2) is 14.5 Å². The van der Waals surface area contributed by atoms with Crippen molar-refractivity contribution in [1.82, 2.24) is 14.5 Å². The fourth-order valence-corrected chi connectivity index (χ4v) is 1.60. The summed E-state index contributed by atoms with van der Waals surface area (Å²) in [5, 5.41) is 2.94. The highest BCUT2D eigenvalue weighted by Gasteiger charge is 2.08. The lowest BCUT2D eigenvalue weighted by atomic mass is 10.4. The van der Waals surface area contributed by atoms with Crippen LogP contribution in [0.4, 0.5) is 5.82 Å². The largest absolute Gasteiger partial charge is 0.444 e. The second kappa shape index (κ2) is 5.03. The van der Waals surface area contributed by atoms with Crippen LogP contribution in [0, 0.1) is 6.92 Å². The van der Waals surface area contributed by atoms with Crippen molar-refractivity contribution in [2.75, 3.05) is 5.32 Å². The average Bonchev–Trinajstić information content (AvgIpc) is 2.73. The number of anilines is 1. The molecule has 0 saturated carbocycles. The van der Waals surface area contributed by atoms with Gasteiger partial charge in [-0.2, -0.15) is 0 Å². The van der Waals surface area contributed by atoms with Crippen molar-refractivity contribution in [3.63, 3.8) is 0 Å². The van der Waals surface area contributed by atoms with Gasteiger partial charge in [0.05, 0.1) is 12.7 Å². The lowest BCUT2D eigenvalue weighted by Crippen LogP contribution is -2.25. The average molecular weight is 248 g/mol. The van der Waals surface area contributed by atoms with Crippen LogP contribution in [0.3, 0.4) is 0 Å². The van der Waals surface area contributed by atoms with E-state index in [1.807, 2.05) is 20.8 Å². The quantitative estimate of drug-likeness (QED) is 0.892. The van der Waals surface area contributed by atoms with Crippen LogP contribution in [0.1, 0.15) is 31.5 Å². The molecule has 18 heavy (non-hydrogen) atoms. The molecule has 0 bridgehead atoms. The van der Waals surface area contributed by atoms with Gasteiger partial charge >= 0.3 is 0 Å². The zero-order chi connectivity index (χ0) is 13.1. The van der Waals surface area contributed by atoms with E-state index in [9.17, 15) is 4.79 Å². The van der Waals surface area contributed by atoms with Gasteiger partial charge in [-0.3, -0.25) is 4.79 Å². The molecule has 0 aromatic carbocycles. The maximum Gasteiger partial charge on any atom is 0.293 e. The van der Waals surface area contributed by atoms with E-state index in [4.69, 9.17) is 4.42 Å². The van der Waals surface area contributed by atoms with Crippen molar-refractivity contribution in [2.45, 2.75) is 33.4 Å². The Balaban J connectivity index is 2.15. The summed E-state index contributed by atoms with van der Waals surface area (Å²) in [6.07, 6.45) is 4.92. The molecule has 0 atom stereocenters. The lowest BCUT2D eigenvalue weighted by molar-refractivity contribution is 0.478. The Morgan fingerprint density at radius 1 is 1.44 bits per heavy atom. The second-order valence-corrected chi connectivity index (χ2v) is 4.30. The first-order valence-electron chi connectivity index (χ1n) is 5.80. The van der Waals surface area contributed by atoms with Crippen LogP contribution in [0.15, 0.2) is 27.8 Å². The zero-order valence-corrected chi connectivity index (χ0v) is 10.7. The molecule has 2 aromatic rings. The van der Waals surface area contributed by atoms with Gasteiger partial charge in [-0.25, -0.2) is 9.97 Å². The summed E-state index contributed by atoms with van der Waals surface area (Å²) in [4.78, 5) is 20.1. The van der Waals surface area contributed by atoms with Crippen molar-refractivity contribution in [3.05, 3.63) is 40.6 Å². The van der Waals surface area contributed by atoms with Gasteiger partial charge in [0.2, 0.25) is 5.89 Å². The number of aryl methyl sites for hydroxylation is 1. The summed E-state index contributed by atoms with van der Waals surface area (Å²) >= 11 is 0. The fraction of sp³-hybridized carbons (Fsp3) is 0.417. The van der Waals surface area contributed by atoms with Gasteiger partial charge in [-0.05, 0) is 20.8 Å². The van der Waals surface area contributed by atoms with Crippen LogP contribution in [0.2, 0.25) is 0 Å². The van der Waals surface area contributed by atoms with Gasteiger partial charge < -0.3 is 14.3 Å². The van der Waals surface area contributed by atoms with Gasteiger partial charge in [0.25, 0.3) is 5.56 Å². The minimum Gasteiger partial charge on any atom is -0.444 e. The molecule has 0 amide bonds. The van der Waals surface area contributed by atoms with E-state index in [1.165, 1.54) is 0 Å². The van der Waals surface area contributed by atoms with Crippen molar-refractivity contribution in [1.29, 1.82) is 0 Å². The van der Waals surface area contributed by atoms with Crippen molar-refractivity contribution < 1.29 is 4.42 Å². The van der Waals surface area contributed by atoms with E-state index in [1.54, 1.807) is 23.2 Å². The Kier molecular flexibility index (Phi) is 3.45. The van der Waals surface area contributed by atoms with E-state index < -0.39 is 0 Å². The van der Waals surface area contributed by atoms with E-state index in [0.29, 0.717) is 18.3 Å². The van der Waals surface area contributed by atoms with Crippen molar-refractivity contribution >= 4 is 5.82 Å². The lowest BCUT2D eigenvalue weighted by Gasteiger charge is -2.10. The molecule has 6 nitrogen and oxygen atoms in total. The molecule has 2 rings (SSSR count).